The number of hydrogen-bond donors (Lipinski definition) is 0. The lowest BCUT2D eigenvalue weighted by molar-refractivity contribution is -0.140. The summed E-state index contributed by atoms with van der Waals surface area (Å²) in [4.78, 5) is 24.5. The molecular weight excluding hydrogens is 360 g/mol. The molecule has 0 aliphatic carbocycles. The van der Waals surface area contributed by atoms with Crippen LogP contribution in [0.2, 0.25) is 0 Å². The molecule has 28 heavy (non-hydrogen) atoms. The molecule has 0 radical (unpaired) electrons. The second-order valence-corrected chi connectivity index (χ2v) is 6.39. The van der Waals surface area contributed by atoms with Crippen LogP contribution >= 0.6 is 0 Å². The minimum Gasteiger partial charge on any atom is -0.493 e. The first-order valence-corrected chi connectivity index (χ1v) is 8.95. The van der Waals surface area contributed by atoms with Gasteiger partial charge in [-0.05, 0) is 37.6 Å². The van der Waals surface area contributed by atoms with E-state index in [-0.39, 0.29) is 5.78 Å². The highest BCUT2D eigenvalue weighted by atomic mass is 16.6. The maximum absolute atomic E-state index is 12.4. The first kappa shape index (κ1) is 19.5. The van der Waals surface area contributed by atoms with Crippen LogP contribution < -0.4 is 14.2 Å². The Bertz CT molecular complexity index is 881. The second-order valence-electron chi connectivity index (χ2n) is 6.39. The van der Waals surface area contributed by atoms with Gasteiger partial charge >= 0.3 is 5.97 Å². The number of ether oxygens (including phenoxy) is 4. The number of carbonyl (C=O) groups excluding carboxylic acids is 2. The van der Waals surface area contributed by atoms with E-state index in [1.54, 1.807) is 37.3 Å². The normalized spacial score (nSPS) is 13.8. The Hall–Kier alpha value is -3.28. The number of aryl methyl sites for hydroxylation is 1. The van der Waals surface area contributed by atoms with Crippen molar-refractivity contribution in [2.45, 2.75) is 20.0 Å². The molecule has 0 amide bonds. The lowest BCUT2D eigenvalue weighted by atomic mass is 10.1. The average Bonchev–Trinajstić information content (AvgIpc) is 2.71. The van der Waals surface area contributed by atoms with Crippen molar-refractivity contribution in [3.8, 4) is 17.2 Å². The Morgan fingerprint density at radius 3 is 2.54 bits per heavy atom. The Morgan fingerprint density at radius 1 is 1.11 bits per heavy atom. The third-order valence-electron chi connectivity index (χ3n) is 4.26. The van der Waals surface area contributed by atoms with Gasteiger partial charge in [-0.3, -0.25) is 4.79 Å². The van der Waals surface area contributed by atoms with E-state index in [0.717, 1.165) is 5.56 Å². The first-order chi connectivity index (χ1) is 13.5. The molecule has 0 unspecified atom stereocenters. The van der Waals surface area contributed by atoms with Crippen molar-refractivity contribution in [2.24, 2.45) is 0 Å². The van der Waals surface area contributed by atoms with Gasteiger partial charge in [-0.15, -0.1) is 0 Å². The fraction of sp³-hybridized carbons (Fsp3) is 0.273. The molecule has 0 bridgehead atoms. The van der Waals surface area contributed by atoms with Gasteiger partial charge in [0.15, 0.2) is 17.6 Å². The van der Waals surface area contributed by atoms with Gasteiger partial charge in [0.25, 0.3) is 0 Å². The zero-order valence-corrected chi connectivity index (χ0v) is 16.1. The SMILES string of the molecule is COc1cc(/C=C/C(=O)O[C@H](C)C(=O)c2ccc(C)cc2)cc2c1OCCO2. The van der Waals surface area contributed by atoms with Gasteiger partial charge in [-0.25, -0.2) is 4.79 Å². The first-order valence-electron chi connectivity index (χ1n) is 8.95. The maximum atomic E-state index is 12.4. The number of methoxy groups -OCH3 is 1. The summed E-state index contributed by atoms with van der Waals surface area (Å²) >= 11 is 0. The quantitative estimate of drug-likeness (QED) is 0.432. The van der Waals surface area contributed by atoms with Crippen molar-refractivity contribution in [3.63, 3.8) is 0 Å². The van der Waals surface area contributed by atoms with Gasteiger partial charge in [0, 0.05) is 11.6 Å². The standard InChI is InChI=1S/C22H22O6/c1-14-4-7-17(8-5-14)21(24)15(2)28-20(23)9-6-16-12-18(25-3)22-19(13-16)26-10-11-27-22/h4-9,12-13,15H,10-11H2,1-3H3/b9-6+/t15-/m1/s1. The molecule has 0 fully saturated rings. The summed E-state index contributed by atoms with van der Waals surface area (Å²) < 4.78 is 21.7. The minimum absolute atomic E-state index is 0.247. The summed E-state index contributed by atoms with van der Waals surface area (Å²) in [5.74, 6) is 0.769. The molecule has 146 valence electrons. The largest absolute Gasteiger partial charge is 0.493 e. The van der Waals surface area contributed by atoms with Crippen molar-refractivity contribution in [3.05, 3.63) is 59.2 Å². The van der Waals surface area contributed by atoms with Crippen molar-refractivity contribution < 1.29 is 28.5 Å². The molecule has 1 atom stereocenters. The summed E-state index contributed by atoms with van der Waals surface area (Å²) in [5, 5.41) is 0. The third-order valence-corrected chi connectivity index (χ3v) is 4.26. The number of carbonyl (C=O) groups is 2. The predicted molar refractivity (Wildman–Crippen MR) is 104 cm³/mol. The van der Waals surface area contributed by atoms with E-state index < -0.39 is 12.1 Å². The smallest absolute Gasteiger partial charge is 0.331 e. The average molecular weight is 382 g/mol. The number of Topliss-reactive ketones (excluding diaryl/α,β-unsaturated/α-hetero) is 1. The van der Waals surface area contributed by atoms with E-state index in [0.29, 0.717) is 41.6 Å². The molecular formula is C22H22O6. The lowest BCUT2D eigenvalue weighted by Gasteiger charge is -2.20. The third kappa shape index (κ3) is 4.52. The van der Waals surface area contributed by atoms with Crippen LogP contribution in [0, 0.1) is 6.92 Å². The Kier molecular flexibility index (Phi) is 5.99. The summed E-state index contributed by atoms with van der Waals surface area (Å²) in [6.45, 7) is 4.40. The number of ketones is 1. The molecule has 2 aromatic rings. The summed E-state index contributed by atoms with van der Waals surface area (Å²) in [5.41, 5.74) is 2.25. The lowest BCUT2D eigenvalue weighted by Crippen LogP contribution is -2.23. The molecule has 6 heteroatoms. The monoisotopic (exact) mass is 382 g/mol. The van der Waals surface area contributed by atoms with E-state index >= 15 is 0 Å². The van der Waals surface area contributed by atoms with Gasteiger partial charge in [0.05, 0.1) is 7.11 Å². The van der Waals surface area contributed by atoms with Crippen molar-refractivity contribution in [1.82, 2.24) is 0 Å². The van der Waals surface area contributed by atoms with E-state index in [9.17, 15) is 9.59 Å². The van der Waals surface area contributed by atoms with Crippen LogP contribution in [0.15, 0.2) is 42.5 Å². The maximum Gasteiger partial charge on any atom is 0.331 e. The highest BCUT2D eigenvalue weighted by Gasteiger charge is 2.19. The fourth-order valence-corrected chi connectivity index (χ4v) is 2.77. The Labute approximate surface area is 163 Å². The van der Waals surface area contributed by atoms with Gasteiger partial charge in [0.2, 0.25) is 11.5 Å². The van der Waals surface area contributed by atoms with E-state index in [1.807, 2.05) is 19.1 Å². The highest BCUT2D eigenvalue weighted by molar-refractivity contribution is 6.01. The van der Waals surface area contributed by atoms with Crippen LogP contribution in [0.1, 0.15) is 28.4 Å². The molecule has 1 heterocycles. The van der Waals surface area contributed by atoms with Crippen molar-refractivity contribution >= 4 is 17.8 Å². The van der Waals surface area contributed by atoms with Gasteiger partial charge < -0.3 is 18.9 Å². The van der Waals surface area contributed by atoms with E-state index in [1.165, 1.54) is 13.2 Å². The topological polar surface area (TPSA) is 71.1 Å². The Balaban J connectivity index is 1.66. The van der Waals surface area contributed by atoms with E-state index in [4.69, 9.17) is 18.9 Å². The summed E-state index contributed by atoms with van der Waals surface area (Å²) in [6, 6.07) is 10.6. The van der Waals surface area contributed by atoms with Crippen LogP contribution in [0.5, 0.6) is 17.2 Å². The molecule has 1 aliphatic rings. The number of benzene rings is 2. The number of fused-ring (bicyclic) bond motifs is 1. The molecule has 2 aromatic carbocycles. The summed E-state index contributed by atoms with van der Waals surface area (Å²) in [6.07, 6.45) is 1.96. The molecule has 0 spiro atoms. The molecule has 0 saturated carbocycles. The zero-order valence-electron chi connectivity index (χ0n) is 16.1. The van der Waals surface area contributed by atoms with Crippen molar-refractivity contribution in [1.29, 1.82) is 0 Å². The van der Waals surface area contributed by atoms with Gasteiger partial charge in [-0.2, -0.15) is 0 Å². The van der Waals surface area contributed by atoms with Crippen LogP contribution in [0.4, 0.5) is 0 Å². The van der Waals surface area contributed by atoms with Gasteiger partial charge in [0.1, 0.15) is 13.2 Å². The van der Waals surface area contributed by atoms with Gasteiger partial charge in [-0.1, -0.05) is 29.8 Å². The van der Waals surface area contributed by atoms with Crippen LogP contribution in [0.3, 0.4) is 0 Å². The van der Waals surface area contributed by atoms with Crippen molar-refractivity contribution in [2.75, 3.05) is 20.3 Å². The number of rotatable bonds is 6. The molecule has 0 aromatic heterocycles. The Morgan fingerprint density at radius 2 is 1.82 bits per heavy atom. The van der Waals surface area contributed by atoms with E-state index in [2.05, 4.69) is 0 Å². The molecule has 6 nitrogen and oxygen atoms in total. The fourth-order valence-electron chi connectivity index (χ4n) is 2.77. The zero-order chi connectivity index (χ0) is 20.1. The molecule has 0 N–H and O–H groups in total. The van der Waals surface area contributed by atoms with Crippen LogP contribution in [0.25, 0.3) is 6.08 Å². The molecule has 1 aliphatic heterocycles. The van der Waals surface area contributed by atoms with Crippen LogP contribution in [-0.2, 0) is 9.53 Å². The predicted octanol–water partition coefficient (Wildman–Crippen LogP) is 3.60. The van der Waals surface area contributed by atoms with Crippen LogP contribution in [-0.4, -0.2) is 38.2 Å². The summed E-state index contributed by atoms with van der Waals surface area (Å²) in [7, 11) is 1.54. The number of hydrogen-bond acceptors (Lipinski definition) is 6. The number of esters is 1. The molecule has 3 rings (SSSR count). The second kappa shape index (κ2) is 8.61. The molecule has 0 saturated heterocycles. The minimum atomic E-state index is -0.880. The highest BCUT2D eigenvalue weighted by Crippen LogP contribution is 2.40.